The van der Waals surface area contributed by atoms with E-state index >= 15 is 0 Å². The van der Waals surface area contributed by atoms with Gasteiger partial charge in [-0.1, -0.05) is 29.8 Å². The molecule has 110 valence electrons. The molecular weight excluding hydrogens is 295 g/mol. The molecule has 0 amide bonds. The second-order valence-electron chi connectivity index (χ2n) is 4.66. The lowest BCUT2D eigenvalue weighted by Crippen LogP contribution is -2.19. The lowest BCUT2D eigenvalue weighted by molar-refractivity contribution is -0.384. The number of nitro groups is 1. The van der Waals surface area contributed by atoms with Crippen LogP contribution in [0.3, 0.4) is 0 Å². The molecule has 0 spiro atoms. The largest absolute Gasteiger partial charge is 0.306 e. The van der Waals surface area contributed by atoms with Crippen LogP contribution in [0.15, 0.2) is 42.5 Å². The lowest BCUT2D eigenvalue weighted by Gasteiger charge is -2.15. The maximum absolute atomic E-state index is 13.6. The molecule has 6 heteroatoms. The Morgan fingerprint density at radius 1 is 1.33 bits per heavy atom. The van der Waals surface area contributed by atoms with Crippen LogP contribution in [-0.2, 0) is 6.54 Å². The van der Waals surface area contributed by atoms with Crippen LogP contribution >= 0.6 is 11.6 Å². The molecule has 2 aromatic rings. The van der Waals surface area contributed by atoms with Crippen LogP contribution in [0.5, 0.6) is 0 Å². The number of hydrogen-bond acceptors (Lipinski definition) is 3. The predicted octanol–water partition coefficient (Wildman–Crippen LogP) is 4.24. The van der Waals surface area contributed by atoms with E-state index in [2.05, 4.69) is 5.32 Å². The summed E-state index contributed by atoms with van der Waals surface area (Å²) in [6.45, 7) is 2.24. The molecule has 0 fully saturated rings. The third kappa shape index (κ3) is 3.77. The van der Waals surface area contributed by atoms with Crippen molar-refractivity contribution in [2.75, 3.05) is 0 Å². The van der Waals surface area contributed by atoms with Gasteiger partial charge in [0, 0.05) is 30.3 Å². The van der Waals surface area contributed by atoms with Gasteiger partial charge in [0.2, 0.25) is 0 Å². The third-order valence-corrected chi connectivity index (χ3v) is 3.57. The number of benzene rings is 2. The van der Waals surface area contributed by atoms with Crippen molar-refractivity contribution in [3.8, 4) is 0 Å². The second kappa shape index (κ2) is 6.65. The van der Waals surface area contributed by atoms with Crippen molar-refractivity contribution >= 4 is 17.3 Å². The average molecular weight is 309 g/mol. The third-order valence-electron chi connectivity index (χ3n) is 3.22. The van der Waals surface area contributed by atoms with E-state index in [1.165, 1.54) is 18.2 Å². The van der Waals surface area contributed by atoms with Gasteiger partial charge in [0.25, 0.3) is 5.69 Å². The highest BCUT2D eigenvalue weighted by Gasteiger charge is 2.12. The molecule has 0 bridgehead atoms. The smallest absolute Gasteiger partial charge is 0.270 e. The maximum atomic E-state index is 13.6. The summed E-state index contributed by atoms with van der Waals surface area (Å²) < 4.78 is 13.6. The van der Waals surface area contributed by atoms with E-state index in [4.69, 9.17) is 11.6 Å². The Balaban J connectivity index is 2.06. The van der Waals surface area contributed by atoms with Crippen molar-refractivity contribution in [3.05, 3.63) is 74.5 Å². The standard InChI is InChI=1S/C15H14ClFN2O2/c1-10(13-4-2-3-5-15(13)17)18-9-11-6-7-12(19(20)21)8-14(11)16/h2-8,10,18H,9H2,1H3. The van der Waals surface area contributed by atoms with Crippen LogP contribution in [0.2, 0.25) is 5.02 Å². The van der Waals surface area contributed by atoms with E-state index in [1.807, 2.05) is 6.92 Å². The summed E-state index contributed by atoms with van der Waals surface area (Å²) >= 11 is 6.02. The van der Waals surface area contributed by atoms with Gasteiger partial charge >= 0.3 is 0 Å². The predicted molar refractivity (Wildman–Crippen MR) is 79.8 cm³/mol. The first-order valence-corrected chi connectivity index (χ1v) is 6.77. The molecule has 1 N–H and O–H groups in total. The van der Waals surface area contributed by atoms with E-state index < -0.39 is 4.92 Å². The lowest BCUT2D eigenvalue weighted by atomic mass is 10.1. The first kappa shape index (κ1) is 15.4. The fourth-order valence-corrected chi connectivity index (χ4v) is 2.23. The summed E-state index contributed by atoms with van der Waals surface area (Å²) in [6, 6.07) is 10.6. The zero-order chi connectivity index (χ0) is 15.4. The summed E-state index contributed by atoms with van der Waals surface area (Å²) in [4.78, 5) is 10.1. The Hall–Kier alpha value is -1.98. The van der Waals surface area contributed by atoms with Gasteiger partial charge < -0.3 is 5.32 Å². The first-order chi connectivity index (χ1) is 9.99. The molecule has 0 radical (unpaired) electrons. The molecule has 0 aliphatic heterocycles. The molecule has 0 aliphatic rings. The van der Waals surface area contributed by atoms with Crippen LogP contribution < -0.4 is 5.32 Å². The van der Waals surface area contributed by atoms with Crippen molar-refractivity contribution in [1.29, 1.82) is 0 Å². The molecule has 21 heavy (non-hydrogen) atoms. The topological polar surface area (TPSA) is 55.2 Å². The molecule has 1 atom stereocenters. The maximum Gasteiger partial charge on any atom is 0.270 e. The summed E-state index contributed by atoms with van der Waals surface area (Å²) in [5, 5.41) is 14.1. The molecule has 0 saturated carbocycles. The minimum atomic E-state index is -0.495. The van der Waals surface area contributed by atoms with Crippen molar-refractivity contribution < 1.29 is 9.31 Å². The Morgan fingerprint density at radius 3 is 2.67 bits per heavy atom. The molecule has 2 rings (SSSR count). The van der Waals surface area contributed by atoms with Crippen molar-refractivity contribution in [1.82, 2.24) is 5.32 Å². The molecule has 2 aromatic carbocycles. The second-order valence-corrected chi connectivity index (χ2v) is 5.06. The van der Waals surface area contributed by atoms with Crippen LogP contribution in [0.4, 0.5) is 10.1 Å². The number of hydrogen-bond donors (Lipinski definition) is 1. The molecule has 0 saturated heterocycles. The molecule has 1 unspecified atom stereocenters. The van der Waals surface area contributed by atoms with Gasteiger partial charge in [-0.15, -0.1) is 0 Å². The van der Waals surface area contributed by atoms with Gasteiger partial charge in [-0.25, -0.2) is 4.39 Å². The van der Waals surface area contributed by atoms with Crippen LogP contribution in [0.25, 0.3) is 0 Å². The summed E-state index contributed by atoms with van der Waals surface area (Å²) in [5.74, 6) is -0.271. The fourth-order valence-electron chi connectivity index (χ4n) is 1.99. The van der Waals surface area contributed by atoms with Crippen molar-refractivity contribution in [2.45, 2.75) is 19.5 Å². The summed E-state index contributed by atoms with van der Waals surface area (Å²) in [7, 11) is 0. The fraction of sp³-hybridized carbons (Fsp3) is 0.200. The molecular formula is C15H14ClFN2O2. The molecule has 0 aromatic heterocycles. The van der Waals surface area contributed by atoms with Crippen molar-refractivity contribution in [3.63, 3.8) is 0 Å². The number of halogens is 2. The SMILES string of the molecule is CC(NCc1ccc([N+](=O)[O-])cc1Cl)c1ccccc1F. The van der Waals surface area contributed by atoms with Gasteiger partial charge in [-0.3, -0.25) is 10.1 Å². The first-order valence-electron chi connectivity index (χ1n) is 6.39. The van der Waals surface area contributed by atoms with E-state index in [-0.39, 0.29) is 17.5 Å². The van der Waals surface area contributed by atoms with Gasteiger partial charge in [0.1, 0.15) is 5.82 Å². The van der Waals surface area contributed by atoms with Gasteiger partial charge in [0.15, 0.2) is 0 Å². The molecule has 0 aliphatic carbocycles. The van der Waals surface area contributed by atoms with Gasteiger partial charge in [-0.05, 0) is 24.6 Å². The quantitative estimate of drug-likeness (QED) is 0.664. The highest BCUT2D eigenvalue weighted by atomic mass is 35.5. The minimum Gasteiger partial charge on any atom is -0.306 e. The number of non-ortho nitro benzene ring substituents is 1. The number of rotatable bonds is 5. The van der Waals surface area contributed by atoms with E-state index in [9.17, 15) is 14.5 Å². The van der Waals surface area contributed by atoms with Gasteiger partial charge in [0.05, 0.1) is 9.95 Å². The average Bonchev–Trinajstić information content (AvgIpc) is 2.46. The highest BCUT2D eigenvalue weighted by molar-refractivity contribution is 6.31. The monoisotopic (exact) mass is 308 g/mol. The van der Waals surface area contributed by atoms with Crippen LogP contribution in [-0.4, -0.2) is 4.92 Å². The number of nitrogens with one attached hydrogen (secondary N) is 1. The number of nitrogens with zero attached hydrogens (tertiary/aromatic N) is 1. The van der Waals surface area contributed by atoms with Crippen molar-refractivity contribution in [2.24, 2.45) is 0 Å². The minimum absolute atomic E-state index is 0.0501. The zero-order valence-electron chi connectivity index (χ0n) is 11.3. The molecule has 4 nitrogen and oxygen atoms in total. The van der Waals surface area contributed by atoms with E-state index in [1.54, 1.807) is 24.3 Å². The summed E-state index contributed by atoms with van der Waals surface area (Å²) in [5.41, 5.74) is 1.24. The van der Waals surface area contributed by atoms with Gasteiger partial charge in [-0.2, -0.15) is 0 Å². The Labute approximate surface area is 126 Å². The zero-order valence-corrected chi connectivity index (χ0v) is 12.1. The summed E-state index contributed by atoms with van der Waals surface area (Å²) in [6.07, 6.45) is 0. The normalized spacial score (nSPS) is 12.1. The Morgan fingerprint density at radius 2 is 2.05 bits per heavy atom. The van der Waals surface area contributed by atoms with E-state index in [0.29, 0.717) is 17.1 Å². The van der Waals surface area contributed by atoms with E-state index in [0.717, 1.165) is 5.56 Å². The van der Waals surface area contributed by atoms with Crippen LogP contribution in [0.1, 0.15) is 24.1 Å². The Kier molecular flexibility index (Phi) is 4.88. The van der Waals surface area contributed by atoms with Crippen LogP contribution in [0, 0.1) is 15.9 Å². The number of nitro benzene ring substituents is 1. The molecule has 0 heterocycles. The highest BCUT2D eigenvalue weighted by Crippen LogP contribution is 2.23. The Bertz CT molecular complexity index is 664.